The number of halogens is 3. The summed E-state index contributed by atoms with van der Waals surface area (Å²) < 4.78 is 53.2. The zero-order valence-electron chi connectivity index (χ0n) is 20.9. The third-order valence-electron chi connectivity index (χ3n) is 7.38. The van der Waals surface area contributed by atoms with E-state index in [4.69, 9.17) is 9.47 Å². The van der Waals surface area contributed by atoms with Gasteiger partial charge in [0.25, 0.3) is 0 Å². The van der Waals surface area contributed by atoms with Crippen molar-refractivity contribution in [2.45, 2.75) is 38.5 Å². The molecule has 1 aliphatic heterocycles. The minimum absolute atomic E-state index is 0.0373. The Morgan fingerprint density at radius 1 is 1.05 bits per heavy atom. The maximum atomic E-state index is 15.7. The van der Waals surface area contributed by atoms with Crippen molar-refractivity contribution in [1.29, 1.82) is 0 Å². The summed E-state index contributed by atoms with van der Waals surface area (Å²) in [4.78, 5) is 6.51. The lowest BCUT2D eigenvalue weighted by atomic mass is 9.74. The number of alkyl halides is 1. The number of aromatic nitrogens is 1. The van der Waals surface area contributed by atoms with Crippen LogP contribution >= 0.6 is 0 Å². The van der Waals surface area contributed by atoms with Crippen LogP contribution in [0.15, 0.2) is 42.6 Å². The van der Waals surface area contributed by atoms with Crippen molar-refractivity contribution in [2.75, 3.05) is 40.0 Å². The Bertz CT molecular complexity index is 1180. The first kappa shape index (κ1) is 27.2. The molecule has 2 aromatic carbocycles. The summed E-state index contributed by atoms with van der Waals surface area (Å²) in [6.07, 6.45) is 2.28. The molecule has 1 fully saturated rings. The van der Waals surface area contributed by atoms with Crippen LogP contribution in [0.5, 0.6) is 11.5 Å². The number of rotatable bonds is 11. The molecule has 0 saturated carbocycles. The maximum Gasteiger partial charge on any atom is 0.129 e. The Kier molecular flexibility index (Phi) is 8.89. The van der Waals surface area contributed by atoms with Crippen LogP contribution in [0.1, 0.15) is 43.0 Å². The molecule has 9 heteroatoms. The summed E-state index contributed by atoms with van der Waals surface area (Å²) in [7, 11) is 1.54. The highest BCUT2D eigenvalue weighted by Crippen LogP contribution is 2.41. The molecule has 0 aliphatic carbocycles. The zero-order valence-corrected chi connectivity index (χ0v) is 20.9. The highest BCUT2D eigenvalue weighted by molar-refractivity contribution is 5.85. The molecule has 0 radical (unpaired) electrons. The molecule has 1 aliphatic rings. The van der Waals surface area contributed by atoms with Gasteiger partial charge in [0.15, 0.2) is 0 Å². The van der Waals surface area contributed by atoms with Crippen LogP contribution in [0.2, 0.25) is 0 Å². The molecule has 6 nitrogen and oxygen atoms in total. The lowest BCUT2D eigenvalue weighted by molar-refractivity contribution is 0.0265. The second-order valence-corrected chi connectivity index (χ2v) is 9.70. The number of aliphatic hydroxyl groups excluding tert-OH is 2. The van der Waals surface area contributed by atoms with E-state index in [1.54, 1.807) is 25.3 Å². The molecule has 0 spiro atoms. The van der Waals surface area contributed by atoms with Crippen LogP contribution in [-0.4, -0.2) is 60.1 Å². The van der Waals surface area contributed by atoms with E-state index in [1.165, 1.54) is 6.20 Å². The number of piperidine rings is 1. The predicted molar refractivity (Wildman–Crippen MR) is 134 cm³/mol. The van der Waals surface area contributed by atoms with Crippen LogP contribution in [-0.2, 0) is 6.61 Å². The average molecular weight is 519 g/mol. The molecule has 3 aromatic rings. The van der Waals surface area contributed by atoms with Gasteiger partial charge in [0, 0.05) is 54.1 Å². The van der Waals surface area contributed by atoms with Gasteiger partial charge < -0.3 is 19.7 Å². The average Bonchev–Trinajstić information content (AvgIpc) is 2.91. The molecule has 1 atom stereocenters. The SMILES string of the molecule is COc1ccc2ncc(CO)c([C@H](F)CCC3(CO)CCN(CCOc4cc(F)cc(F)c4)CC3)c2c1. The van der Waals surface area contributed by atoms with Crippen LogP contribution < -0.4 is 9.47 Å². The van der Waals surface area contributed by atoms with Gasteiger partial charge in [-0.1, -0.05) is 0 Å². The zero-order chi connectivity index (χ0) is 26.4. The van der Waals surface area contributed by atoms with E-state index in [9.17, 15) is 19.0 Å². The lowest BCUT2D eigenvalue weighted by Gasteiger charge is -2.41. The van der Waals surface area contributed by atoms with Crippen molar-refractivity contribution in [3.63, 3.8) is 0 Å². The van der Waals surface area contributed by atoms with E-state index in [-0.39, 0.29) is 32.0 Å². The van der Waals surface area contributed by atoms with E-state index in [0.717, 1.165) is 18.2 Å². The summed E-state index contributed by atoms with van der Waals surface area (Å²) >= 11 is 0. The molecule has 200 valence electrons. The Balaban J connectivity index is 1.35. The molecule has 2 N–H and O–H groups in total. The van der Waals surface area contributed by atoms with Crippen LogP contribution in [0.3, 0.4) is 0 Å². The highest BCUT2D eigenvalue weighted by atomic mass is 19.1. The molecule has 0 bridgehead atoms. The molecule has 1 saturated heterocycles. The van der Waals surface area contributed by atoms with Crippen molar-refractivity contribution in [3.05, 3.63) is 65.4 Å². The van der Waals surface area contributed by atoms with Gasteiger partial charge in [-0.25, -0.2) is 13.2 Å². The number of ether oxygens (including phenoxy) is 2. The summed E-state index contributed by atoms with van der Waals surface area (Å²) in [6.45, 7) is 1.91. The van der Waals surface area contributed by atoms with Crippen LogP contribution in [0, 0.1) is 17.0 Å². The molecule has 4 rings (SSSR count). The number of benzene rings is 2. The van der Waals surface area contributed by atoms with E-state index in [2.05, 4.69) is 9.88 Å². The number of fused-ring (bicyclic) bond motifs is 1. The lowest BCUT2D eigenvalue weighted by Crippen LogP contribution is -2.43. The Hall–Kier alpha value is -2.88. The van der Waals surface area contributed by atoms with Gasteiger partial charge in [-0.2, -0.15) is 0 Å². The first-order chi connectivity index (χ1) is 17.9. The Labute approximate surface area is 214 Å². The largest absolute Gasteiger partial charge is 0.497 e. The van der Waals surface area contributed by atoms with Crippen molar-refractivity contribution >= 4 is 10.9 Å². The van der Waals surface area contributed by atoms with Gasteiger partial charge in [0.05, 0.1) is 19.2 Å². The molecule has 1 aromatic heterocycles. The Morgan fingerprint density at radius 3 is 2.43 bits per heavy atom. The van der Waals surface area contributed by atoms with Crippen molar-refractivity contribution in [3.8, 4) is 11.5 Å². The summed E-state index contributed by atoms with van der Waals surface area (Å²) in [5.41, 5.74) is 1.10. The molecule has 0 unspecified atom stereocenters. The monoisotopic (exact) mass is 518 g/mol. The second-order valence-electron chi connectivity index (χ2n) is 9.70. The topological polar surface area (TPSA) is 75.0 Å². The quantitative estimate of drug-likeness (QED) is 0.374. The summed E-state index contributed by atoms with van der Waals surface area (Å²) in [5.74, 6) is -0.631. The fraction of sp³-hybridized carbons (Fsp3) is 0.464. The van der Waals surface area contributed by atoms with E-state index < -0.39 is 23.2 Å². The number of likely N-dealkylation sites (tertiary alicyclic amines) is 1. The third-order valence-corrected chi connectivity index (χ3v) is 7.38. The van der Waals surface area contributed by atoms with E-state index in [0.29, 0.717) is 66.7 Å². The van der Waals surface area contributed by atoms with Gasteiger partial charge in [0.2, 0.25) is 0 Å². The fourth-order valence-corrected chi connectivity index (χ4v) is 5.08. The van der Waals surface area contributed by atoms with E-state index >= 15 is 4.39 Å². The number of methoxy groups -OCH3 is 1. The normalized spacial score (nSPS) is 16.6. The number of pyridine rings is 1. The number of hydrogen-bond acceptors (Lipinski definition) is 6. The van der Waals surface area contributed by atoms with Gasteiger partial charge in [-0.15, -0.1) is 0 Å². The van der Waals surface area contributed by atoms with E-state index in [1.807, 2.05) is 0 Å². The maximum absolute atomic E-state index is 15.7. The predicted octanol–water partition coefficient (Wildman–Crippen LogP) is 4.96. The molecular weight excluding hydrogens is 485 g/mol. The van der Waals surface area contributed by atoms with Crippen LogP contribution in [0.25, 0.3) is 10.9 Å². The summed E-state index contributed by atoms with van der Waals surface area (Å²) in [5, 5.41) is 20.7. The second kappa shape index (κ2) is 12.1. The fourth-order valence-electron chi connectivity index (χ4n) is 5.08. The third kappa shape index (κ3) is 6.52. The smallest absolute Gasteiger partial charge is 0.129 e. The van der Waals surface area contributed by atoms with Crippen molar-refractivity contribution < 1.29 is 32.9 Å². The van der Waals surface area contributed by atoms with Crippen molar-refractivity contribution in [1.82, 2.24) is 9.88 Å². The molecular formula is C28H33F3N2O4. The minimum atomic E-state index is -1.33. The molecule has 37 heavy (non-hydrogen) atoms. The first-order valence-corrected chi connectivity index (χ1v) is 12.5. The van der Waals surface area contributed by atoms with Crippen LogP contribution in [0.4, 0.5) is 13.2 Å². The highest BCUT2D eigenvalue weighted by Gasteiger charge is 2.35. The molecule has 0 amide bonds. The number of hydrogen-bond donors (Lipinski definition) is 2. The van der Waals surface area contributed by atoms with Gasteiger partial charge in [-0.3, -0.25) is 9.88 Å². The number of nitrogens with zero attached hydrogens (tertiary/aromatic N) is 2. The van der Waals surface area contributed by atoms with Gasteiger partial charge in [-0.05, 0) is 62.4 Å². The standard InChI is InChI=1S/C28H33F3N2O4/c1-36-22-2-3-26-24(15-22)27(19(17-34)16-32-26)25(31)4-5-28(18-35)6-8-33(9-7-28)10-11-37-23-13-20(29)12-21(30)14-23/h2-3,12-16,25,34-35H,4-11,17-18H2,1H3/t25-/m1/s1. The summed E-state index contributed by atoms with van der Waals surface area (Å²) in [6, 6.07) is 8.37. The number of aliphatic hydroxyl groups is 2. The first-order valence-electron chi connectivity index (χ1n) is 12.5. The van der Waals surface area contributed by atoms with Gasteiger partial charge >= 0.3 is 0 Å². The van der Waals surface area contributed by atoms with Crippen molar-refractivity contribution in [2.24, 2.45) is 5.41 Å². The molecule has 2 heterocycles. The Morgan fingerprint density at radius 2 is 1.78 bits per heavy atom. The minimum Gasteiger partial charge on any atom is -0.497 e. The van der Waals surface area contributed by atoms with Gasteiger partial charge in [0.1, 0.15) is 35.9 Å².